The first-order valence-corrected chi connectivity index (χ1v) is 4.07. The lowest BCUT2D eigenvalue weighted by Gasteiger charge is -2.23. The zero-order valence-electron chi connectivity index (χ0n) is 5.39. The number of thioether (sulfide) groups is 1. The Balaban J connectivity index is 2.23. The minimum Gasteiger partial charge on any atom is -0.368 e. The molecule has 0 aromatic carbocycles. The van der Waals surface area contributed by atoms with Gasteiger partial charge in [-0.25, -0.2) is 0 Å². The molecular formula is C6H12OS. The van der Waals surface area contributed by atoms with Crippen LogP contribution in [0.1, 0.15) is 20.3 Å². The Morgan fingerprint density at radius 3 is 2.62 bits per heavy atom. The van der Waals surface area contributed by atoms with Crippen LogP contribution in [0.25, 0.3) is 0 Å². The topological polar surface area (TPSA) is 9.23 Å². The first-order valence-electron chi connectivity index (χ1n) is 3.02. The van der Waals surface area contributed by atoms with Crippen molar-refractivity contribution in [2.24, 2.45) is 0 Å². The largest absolute Gasteiger partial charge is 0.368 e. The lowest BCUT2D eigenvalue weighted by atomic mass is 10.2. The third kappa shape index (κ3) is 1.67. The molecule has 1 aliphatic heterocycles. The highest BCUT2D eigenvalue weighted by Crippen LogP contribution is 2.23. The number of hydrogen-bond acceptors (Lipinski definition) is 2. The van der Waals surface area contributed by atoms with Crippen molar-refractivity contribution in [2.75, 3.05) is 5.94 Å². The molecule has 1 rings (SSSR count). The Hall–Kier alpha value is 0.310. The van der Waals surface area contributed by atoms with Gasteiger partial charge < -0.3 is 4.74 Å². The fraction of sp³-hybridized carbons (Fsp3) is 1.00. The molecule has 0 unspecified atom stereocenters. The molecule has 1 heterocycles. The maximum Gasteiger partial charge on any atom is 0.0927 e. The van der Waals surface area contributed by atoms with Crippen LogP contribution in [-0.4, -0.2) is 17.3 Å². The molecule has 1 fully saturated rings. The first kappa shape index (κ1) is 6.43. The number of rotatable bonds is 0. The SMILES string of the molecule is C[C@@H]1C[C@H](C)SCO1. The lowest BCUT2D eigenvalue weighted by molar-refractivity contribution is 0.0895. The van der Waals surface area contributed by atoms with Gasteiger partial charge in [-0.3, -0.25) is 0 Å². The minimum absolute atomic E-state index is 0.492. The van der Waals surface area contributed by atoms with Crippen LogP contribution in [-0.2, 0) is 4.74 Å². The van der Waals surface area contributed by atoms with Crippen LogP contribution >= 0.6 is 11.8 Å². The zero-order valence-corrected chi connectivity index (χ0v) is 6.20. The Bertz CT molecular complexity index is 66.9. The van der Waals surface area contributed by atoms with Gasteiger partial charge in [0.15, 0.2) is 0 Å². The molecule has 0 aromatic rings. The van der Waals surface area contributed by atoms with Gasteiger partial charge >= 0.3 is 0 Å². The molecule has 0 bridgehead atoms. The Morgan fingerprint density at radius 2 is 2.25 bits per heavy atom. The van der Waals surface area contributed by atoms with E-state index >= 15 is 0 Å². The Kier molecular flexibility index (Phi) is 2.20. The molecule has 0 saturated carbocycles. The van der Waals surface area contributed by atoms with E-state index in [1.54, 1.807) is 0 Å². The molecule has 0 amide bonds. The predicted octanol–water partition coefficient (Wildman–Crippen LogP) is 1.87. The second-order valence-electron chi connectivity index (χ2n) is 2.31. The van der Waals surface area contributed by atoms with Crippen molar-refractivity contribution in [2.45, 2.75) is 31.6 Å². The van der Waals surface area contributed by atoms with Crippen LogP contribution in [0.4, 0.5) is 0 Å². The number of hydrogen-bond donors (Lipinski definition) is 0. The quantitative estimate of drug-likeness (QED) is 0.497. The third-order valence-electron chi connectivity index (χ3n) is 1.37. The standard InChI is InChI=1S/C6H12OS/c1-5-3-6(2)8-4-7-5/h5-6H,3-4H2,1-2H3/t5-,6+/m1/s1. The lowest BCUT2D eigenvalue weighted by Crippen LogP contribution is -2.19. The molecule has 0 N–H and O–H groups in total. The molecular weight excluding hydrogens is 120 g/mol. The monoisotopic (exact) mass is 132 g/mol. The summed E-state index contributed by atoms with van der Waals surface area (Å²) in [5, 5.41) is 0.804. The second kappa shape index (κ2) is 2.74. The molecule has 0 aromatic heterocycles. The van der Waals surface area contributed by atoms with Gasteiger partial charge in [-0.1, -0.05) is 6.92 Å². The molecule has 1 nitrogen and oxygen atoms in total. The Morgan fingerprint density at radius 1 is 1.50 bits per heavy atom. The molecule has 0 aliphatic carbocycles. The van der Waals surface area contributed by atoms with E-state index in [-0.39, 0.29) is 0 Å². The first-order chi connectivity index (χ1) is 3.79. The fourth-order valence-corrected chi connectivity index (χ4v) is 1.83. The van der Waals surface area contributed by atoms with E-state index in [9.17, 15) is 0 Å². The predicted molar refractivity (Wildman–Crippen MR) is 37.1 cm³/mol. The minimum atomic E-state index is 0.492. The summed E-state index contributed by atoms with van der Waals surface area (Å²) in [6, 6.07) is 0. The number of ether oxygens (including phenoxy) is 1. The summed E-state index contributed by atoms with van der Waals surface area (Å²) in [6.07, 6.45) is 1.70. The molecule has 8 heavy (non-hydrogen) atoms. The van der Waals surface area contributed by atoms with Crippen LogP contribution in [0.15, 0.2) is 0 Å². The Labute approximate surface area is 54.8 Å². The third-order valence-corrected chi connectivity index (χ3v) is 2.40. The van der Waals surface area contributed by atoms with Crippen LogP contribution in [0.5, 0.6) is 0 Å². The second-order valence-corrected chi connectivity index (χ2v) is 3.68. The molecule has 0 radical (unpaired) electrons. The van der Waals surface area contributed by atoms with Gasteiger partial charge in [0.2, 0.25) is 0 Å². The van der Waals surface area contributed by atoms with Crippen LogP contribution in [0.3, 0.4) is 0 Å². The summed E-state index contributed by atoms with van der Waals surface area (Å²) in [5.74, 6) is 0.891. The summed E-state index contributed by atoms with van der Waals surface area (Å²) < 4.78 is 5.31. The van der Waals surface area contributed by atoms with E-state index < -0.39 is 0 Å². The van der Waals surface area contributed by atoms with E-state index in [0.717, 1.165) is 11.2 Å². The van der Waals surface area contributed by atoms with E-state index in [4.69, 9.17) is 4.74 Å². The summed E-state index contributed by atoms with van der Waals surface area (Å²) in [5.41, 5.74) is 0. The van der Waals surface area contributed by atoms with Crippen molar-refractivity contribution in [3.63, 3.8) is 0 Å². The van der Waals surface area contributed by atoms with Gasteiger partial charge in [0.1, 0.15) is 0 Å². The van der Waals surface area contributed by atoms with Crippen molar-refractivity contribution in [1.82, 2.24) is 0 Å². The van der Waals surface area contributed by atoms with Gasteiger partial charge in [0.05, 0.1) is 12.0 Å². The molecule has 1 aliphatic rings. The van der Waals surface area contributed by atoms with Gasteiger partial charge in [-0.2, -0.15) is 0 Å². The normalized spacial score (nSPS) is 39.8. The van der Waals surface area contributed by atoms with Crippen molar-refractivity contribution >= 4 is 11.8 Å². The van der Waals surface area contributed by atoms with Crippen LogP contribution in [0.2, 0.25) is 0 Å². The van der Waals surface area contributed by atoms with Crippen LogP contribution in [0, 0.1) is 0 Å². The summed E-state index contributed by atoms with van der Waals surface area (Å²) in [4.78, 5) is 0. The highest BCUT2D eigenvalue weighted by atomic mass is 32.2. The van der Waals surface area contributed by atoms with Crippen molar-refractivity contribution < 1.29 is 4.74 Å². The van der Waals surface area contributed by atoms with E-state index in [1.165, 1.54) is 6.42 Å². The zero-order chi connectivity index (χ0) is 5.98. The molecule has 48 valence electrons. The van der Waals surface area contributed by atoms with Gasteiger partial charge in [0.25, 0.3) is 0 Å². The molecule has 0 spiro atoms. The summed E-state index contributed by atoms with van der Waals surface area (Å²) in [6.45, 7) is 4.39. The van der Waals surface area contributed by atoms with Crippen molar-refractivity contribution in [3.8, 4) is 0 Å². The van der Waals surface area contributed by atoms with Crippen molar-refractivity contribution in [1.29, 1.82) is 0 Å². The fourth-order valence-electron chi connectivity index (χ4n) is 0.875. The molecule has 2 atom stereocenters. The average molecular weight is 132 g/mol. The summed E-state index contributed by atoms with van der Waals surface area (Å²) in [7, 11) is 0. The van der Waals surface area contributed by atoms with Gasteiger partial charge in [-0.15, -0.1) is 11.8 Å². The van der Waals surface area contributed by atoms with Gasteiger partial charge in [-0.05, 0) is 13.3 Å². The van der Waals surface area contributed by atoms with E-state index in [0.29, 0.717) is 6.10 Å². The molecule has 2 heteroatoms. The van der Waals surface area contributed by atoms with E-state index in [2.05, 4.69) is 13.8 Å². The average Bonchev–Trinajstić information content (AvgIpc) is 1.64. The summed E-state index contributed by atoms with van der Waals surface area (Å²) >= 11 is 1.90. The molecule has 1 saturated heterocycles. The maximum atomic E-state index is 5.31. The maximum absolute atomic E-state index is 5.31. The smallest absolute Gasteiger partial charge is 0.0927 e. The van der Waals surface area contributed by atoms with E-state index in [1.807, 2.05) is 11.8 Å². The highest BCUT2D eigenvalue weighted by molar-refractivity contribution is 7.99. The van der Waals surface area contributed by atoms with Crippen LogP contribution < -0.4 is 0 Å². The highest BCUT2D eigenvalue weighted by Gasteiger charge is 2.14. The van der Waals surface area contributed by atoms with Crippen molar-refractivity contribution in [3.05, 3.63) is 0 Å². The van der Waals surface area contributed by atoms with Gasteiger partial charge in [0, 0.05) is 5.25 Å².